The van der Waals surface area contributed by atoms with Crippen LogP contribution in [0.3, 0.4) is 0 Å². The van der Waals surface area contributed by atoms with Crippen LogP contribution >= 0.6 is 0 Å². The molecule has 1 atom stereocenters. The summed E-state index contributed by atoms with van der Waals surface area (Å²) in [5.74, 6) is -0.786. The molecule has 1 fully saturated rings. The number of benzene rings is 1. The van der Waals surface area contributed by atoms with Crippen LogP contribution in [0, 0.1) is 5.82 Å². The van der Waals surface area contributed by atoms with Gasteiger partial charge in [0.1, 0.15) is 11.4 Å². The molecular weight excluding hydrogens is 423 g/mol. The minimum absolute atomic E-state index is 0.103. The Bertz CT molecular complexity index is 1200. The van der Waals surface area contributed by atoms with Crippen LogP contribution < -0.4 is 10.6 Å². The van der Waals surface area contributed by atoms with Gasteiger partial charge >= 0.3 is 6.09 Å². The maximum Gasteiger partial charge on any atom is 0.408 e. The molecule has 4 rings (SSSR count). The van der Waals surface area contributed by atoms with Gasteiger partial charge in [-0.05, 0) is 70.9 Å². The molecule has 2 heterocycles. The summed E-state index contributed by atoms with van der Waals surface area (Å²) in [6, 6.07) is 8.97. The standard InChI is InChI=1S/C25H27FN4O3/c1-14(28-24(32)33-25(2,3)4)22-21(19-7-5-6-12-27-19)20(23(31)29-16-9-10-16)17-13-15(26)8-11-18(17)30-22/h5-8,11-14,16H,9-10H2,1-4H3,(H,28,32)(H,29,31)/t14-/m0/s1. The van der Waals surface area contributed by atoms with Crippen LogP contribution in [0.2, 0.25) is 0 Å². The summed E-state index contributed by atoms with van der Waals surface area (Å²) in [7, 11) is 0. The molecule has 2 amide bonds. The van der Waals surface area contributed by atoms with Crippen LogP contribution in [-0.2, 0) is 4.74 Å². The number of nitrogens with zero attached hydrogens (tertiary/aromatic N) is 2. The Morgan fingerprint density at radius 2 is 1.94 bits per heavy atom. The molecule has 1 aliphatic carbocycles. The number of carbonyl (C=O) groups excluding carboxylic acids is 2. The van der Waals surface area contributed by atoms with Crippen LogP contribution in [0.5, 0.6) is 0 Å². The van der Waals surface area contributed by atoms with Gasteiger partial charge in [0.2, 0.25) is 0 Å². The maximum atomic E-state index is 14.2. The Kier molecular flexibility index (Phi) is 6.01. The highest BCUT2D eigenvalue weighted by molar-refractivity contribution is 6.12. The number of carbonyl (C=O) groups is 2. The van der Waals surface area contributed by atoms with Gasteiger partial charge in [-0.3, -0.25) is 9.78 Å². The molecule has 0 spiro atoms. The van der Waals surface area contributed by atoms with E-state index in [0.29, 0.717) is 27.9 Å². The summed E-state index contributed by atoms with van der Waals surface area (Å²) in [5, 5.41) is 6.19. The highest BCUT2D eigenvalue weighted by Crippen LogP contribution is 2.35. The van der Waals surface area contributed by atoms with Gasteiger partial charge in [0.25, 0.3) is 5.91 Å². The van der Waals surface area contributed by atoms with Gasteiger partial charge in [-0.2, -0.15) is 0 Å². The summed E-state index contributed by atoms with van der Waals surface area (Å²) in [6.45, 7) is 7.09. The Morgan fingerprint density at radius 3 is 2.58 bits per heavy atom. The van der Waals surface area contributed by atoms with E-state index in [-0.39, 0.29) is 17.5 Å². The monoisotopic (exact) mass is 450 g/mol. The van der Waals surface area contributed by atoms with E-state index < -0.39 is 23.6 Å². The van der Waals surface area contributed by atoms with Crippen molar-refractivity contribution in [2.45, 2.75) is 58.2 Å². The maximum absolute atomic E-state index is 14.2. The largest absolute Gasteiger partial charge is 0.444 e. The van der Waals surface area contributed by atoms with Gasteiger partial charge in [0, 0.05) is 23.2 Å². The number of pyridine rings is 2. The van der Waals surface area contributed by atoms with Crippen molar-refractivity contribution < 1.29 is 18.7 Å². The van der Waals surface area contributed by atoms with Gasteiger partial charge in [-0.25, -0.2) is 14.2 Å². The number of aromatic nitrogens is 2. The zero-order valence-corrected chi connectivity index (χ0v) is 19.1. The van der Waals surface area contributed by atoms with Gasteiger partial charge < -0.3 is 15.4 Å². The number of ether oxygens (including phenoxy) is 1. The summed E-state index contributed by atoms with van der Waals surface area (Å²) >= 11 is 0. The molecule has 0 unspecified atom stereocenters. The van der Waals surface area contributed by atoms with Gasteiger partial charge in [-0.1, -0.05) is 6.07 Å². The van der Waals surface area contributed by atoms with Crippen molar-refractivity contribution in [2.75, 3.05) is 0 Å². The molecule has 0 saturated heterocycles. The fourth-order valence-electron chi connectivity index (χ4n) is 3.61. The second-order valence-electron chi connectivity index (χ2n) is 9.24. The Hall–Kier alpha value is -3.55. The molecule has 172 valence electrons. The lowest BCUT2D eigenvalue weighted by molar-refractivity contribution is 0.0507. The quantitative estimate of drug-likeness (QED) is 0.576. The Balaban J connectivity index is 1.90. The van der Waals surface area contributed by atoms with Crippen molar-refractivity contribution in [1.29, 1.82) is 0 Å². The van der Waals surface area contributed by atoms with E-state index in [1.54, 1.807) is 52.1 Å². The highest BCUT2D eigenvalue weighted by atomic mass is 19.1. The number of alkyl carbamates (subject to hydrolysis) is 1. The van der Waals surface area contributed by atoms with Gasteiger partial charge in [0.05, 0.1) is 28.5 Å². The summed E-state index contributed by atoms with van der Waals surface area (Å²) in [5.41, 5.74) is 1.47. The zero-order valence-electron chi connectivity index (χ0n) is 19.1. The lowest BCUT2D eigenvalue weighted by Gasteiger charge is -2.24. The van der Waals surface area contributed by atoms with Crippen molar-refractivity contribution in [3.63, 3.8) is 0 Å². The van der Waals surface area contributed by atoms with Crippen molar-refractivity contribution >= 4 is 22.9 Å². The normalized spacial score (nSPS) is 14.6. The fraction of sp³-hybridized carbons (Fsp3) is 0.360. The van der Waals surface area contributed by atoms with E-state index >= 15 is 0 Å². The zero-order chi connectivity index (χ0) is 23.8. The van der Waals surface area contributed by atoms with Crippen molar-refractivity contribution in [2.24, 2.45) is 0 Å². The number of amides is 2. The first-order valence-electron chi connectivity index (χ1n) is 11.0. The van der Waals surface area contributed by atoms with Crippen LogP contribution in [0.4, 0.5) is 9.18 Å². The minimum atomic E-state index is -0.669. The third-order valence-corrected chi connectivity index (χ3v) is 5.18. The Labute approximate surface area is 191 Å². The molecule has 7 nitrogen and oxygen atoms in total. The van der Waals surface area contributed by atoms with Crippen LogP contribution in [-0.4, -0.2) is 33.6 Å². The van der Waals surface area contributed by atoms with E-state index in [9.17, 15) is 14.0 Å². The third kappa shape index (κ3) is 5.27. The first-order valence-corrected chi connectivity index (χ1v) is 11.0. The average molecular weight is 451 g/mol. The summed E-state index contributed by atoms with van der Waals surface area (Å²) in [6.07, 6.45) is 2.83. The van der Waals surface area contributed by atoms with E-state index in [1.807, 2.05) is 0 Å². The molecular formula is C25H27FN4O3. The third-order valence-electron chi connectivity index (χ3n) is 5.18. The average Bonchev–Trinajstić information content (AvgIpc) is 3.55. The lowest BCUT2D eigenvalue weighted by Crippen LogP contribution is -2.35. The number of halogens is 1. The topological polar surface area (TPSA) is 93.2 Å². The van der Waals surface area contributed by atoms with Gasteiger partial charge in [0.15, 0.2) is 0 Å². The number of hydrogen-bond donors (Lipinski definition) is 2. The molecule has 0 aliphatic heterocycles. The first-order chi connectivity index (χ1) is 15.6. The van der Waals surface area contributed by atoms with Gasteiger partial charge in [-0.15, -0.1) is 0 Å². The first kappa shape index (κ1) is 22.6. The SMILES string of the molecule is C[C@H](NC(=O)OC(C)(C)C)c1nc2ccc(F)cc2c(C(=O)NC2CC2)c1-c1ccccn1. The molecule has 0 bridgehead atoms. The van der Waals surface area contributed by atoms with Crippen LogP contribution in [0.25, 0.3) is 22.2 Å². The highest BCUT2D eigenvalue weighted by Gasteiger charge is 2.30. The molecule has 3 aromatic rings. The molecule has 2 N–H and O–H groups in total. The van der Waals surface area contributed by atoms with Crippen LogP contribution in [0.15, 0.2) is 42.6 Å². The molecule has 1 aliphatic rings. The predicted molar refractivity (Wildman–Crippen MR) is 123 cm³/mol. The lowest BCUT2D eigenvalue weighted by atomic mass is 9.94. The number of nitrogens with one attached hydrogen (secondary N) is 2. The van der Waals surface area contributed by atoms with E-state index in [2.05, 4.69) is 15.6 Å². The number of hydrogen-bond acceptors (Lipinski definition) is 5. The second-order valence-corrected chi connectivity index (χ2v) is 9.24. The molecule has 33 heavy (non-hydrogen) atoms. The van der Waals surface area contributed by atoms with E-state index in [0.717, 1.165) is 12.8 Å². The molecule has 1 aromatic carbocycles. The van der Waals surface area contributed by atoms with E-state index in [4.69, 9.17) is 9.72 Å². The minimum Gasteiger partial charge on any atom is -0.444 e. The smallest absolute Gasteiger partial charge is 0.408 e. The van der Waals surface area contributed by atoms with Crippen molar-refractivity contribution in [3.8, 4) is 11.3 Å². The fourth-order valence-corrected chi connectivity index (χ4v) is 3.61. The van der Waals surface area contributed by atoms with Crippen LogP contribution in [0.1, 0.15) is 62.6 Å². The predicted octanol–water partition coefficient (Wildman–Crippen LogP) is 4.91. The second kappa shape index (κ2) is 8.77. The van der Waals surface area contributed by atoms with Crippen molar-refractivity contribution in [1.82, 2.24) is 20.6 Å². The molecule has 1 saturated carbocycles. The number of rotatable bonds is 5. The van der Waals surface area contributed by atoms with E-state index in [1.165, 1.54) is 18.2 Å². The number of fused-ring (bicyclic) bond motifs is 1. The molecule has 0 radical (unpaired) electrons. The van der Waals surface area contributed by atoms with Crippen molar-refractivity contribution in [3.05, 3.63) is 59.7 Å². The summed E-state index contributed by atoms with van der Waals surface area (Å²) < 4.78 is 19.6. The Morgan fingerprint density at radius 1 is 1.18 bits per heavy atom. The molecule has 8 heteroatoms. The summed E-state index contributed by atoms with van der Waals surface area (Å²) in [4.78, 5) is 35.0. The molecule has 2 aromatic heterocycles.